The van der Waals surface area contributed by atoms with Crippen LogP contribution in [0.5, 0.6) is 0 Å². The van der Waals surface area contributed by atoms with Crippen molar-refractivity contribution in [3.8, 4) is 0 Å². The van der Waals surface area contributed by atoms with Gasteiger partial charge in [-0.3, -0.25) is 29.8 Å². The van der Waals surface area contributed by atoms with E-state index in [2.05, 4.69) is 20.8 Å². The minimum Gasteiger partial charge on any atom is -0.350 e. The van der Waals surface area contributed by atoms with E-state index in [1.165, 1.54) is 10.9 Å². The summed E-state index contributed by atoms with van der Waals surface area (Å²) in [6.45, 7) is 1.91. The van der Waals surface area contributed by atoms with Gasteiger partial charge in [0.05, 0.1) is 12.9 Å². The molecule has 11 nitrogen and oxygen atoms in total. The summed E-state index contributed by atoms with van der Waals surface area (Å²) in [5.41, 5.74) is 5.64. The van der Waals surface area contributed by atoms with E-state index in [0.717, 1.165) is 21.0 Å². The second kappa shape index (κ2) is 9.37. The average Bonchev–Trinajstić information content (AvgIpc) is 3.53. The lowest BCUT2D eigenvalue weighted by Crippen LogP contribution is -2.48. The molecule has 5 rings (SSSR count). The van der Waals surface area contributed by atoms with Crippen molar-refractivity contribution in [1.82, 2.24) is 34.5 Å². The van der Waals surface area contributed by atoms with Crippen molar-refractivity contribution in [2.75, 3.05) is 0 Å². The highest BCUT2D eigenvalue weighted by Crippen LogP contribution is 2.14. The molecule has 0 spiro atoms. The van der Waals surface area contributed by atoms with Gasteiger partial charge in [0, 0.05) is 17.4 Å². The first-order valence-electron chi connectivity index (χ1n) is 11.4. The number of fused-ring (bicyclic) bond motifs is 2. The summed E-state index contributed by atoms with van der Waals surface area (Å²) in [5.74, 6) is -1.29. The number of amides is 2. The van der Waals surface area contributed by atoms with E-state index in [0.29, 0.717) is 6.54 Å². The second-order valence-electron chi connectivity index (χ2n) is 8.22. The summed E-state index contributed by atoms with van der Waals surface area (Å²) in [6.07, 6.45) is 1.50. The largest absolute Gasteiger partial charge is 0.350 e. The van der Waals surface area contributed by atoms with Crippen LogP contribution in [-0.4, -0.2) is 35.5 Å². The molecule has 2 amide bonds. The van der Waals surface area contributed by atoms with Crippen LogP contribution in [0.15, 0.2) is 76.6 Å². The molecule has 0 unspecified atom stereocenters. The Bertz CT molecular complexity index is 1680. The molecule has 0 radical (unpaired) electrons. The van der Waals surface area contributed by atoms with E-state index < -0.39 is 29.6 Å². The molecular formula is C25H23N7O4. The molecule has 5 aromatic rings. The number of H-pyrrole nitrogens is 1. The third-order valence-corrected chi connectivity index (χ3v) is 5.90. The number of nitrogens with one attached hydrogen (secondary N) is 3. The lowest BCUT2D eigenvalue weighted by atomic mass is 10.2. The molecule has 0 aliphatic heterocycles. The molecule has 0 aliphatic carbocycles. The molecule has 0 saturated carbocycles. The lowest BCUT2D eigenvalue weighted by Gasteiger charge is -2.13. The van der Waals surface area contributed by atoms with Gasteiger partial charge in [0.2, 0.25) is 0 Å². The number of aromatic nitrogens is 5. The molecule has 36 heavy (non-hydrogen) atoms. The van der Waals surface area contributed by atoms with Gasteiger partial charge in [-0.2, -0.15) is 0 Å². The minimum atomic E-state index is -0.730. The maximum absolute atomic E-state index is 13.3. The first-order valence-corrected chi connectivity index (χ1v) is 11.4. The molecule has 0 bridgehead atoms. The van der Waals surface area contributed by atoms with Crippen LogP contribution in [-0.2, 0) is 24.4 Å². The highest BCUT2D eigenvalue weighted by molar-refractivity contribution is 5.98. The van der Waals surface area contributed by atoms with Crippen molar-refractivity contribution in [2.24, 2.45) is 0 Å². The van der Waals surface area contributed by atoms with Gasteiger partial charge in [-0.1, -0.05) is 48.5 Å². The summed E-state index contributed by atoms with van der Waals surface area (Å²) in [4.78, 5) is 58.9. The molecule has 3 N–H and O–H groups in total. The van der Waals surface area contributed by atoms with Gasteiger partial charge in [0.25, 0.3) is 17.4 Å². The van der Waals surface area contributed by atoms with Gasteiger partial charge in [-0.25, -0.2) is 14.3 Å². The molecule has 0 atom stereocenters. The van der Waals surface area contributed by atoms with Crippen molar-refractivity contribution < 1.29 is 9.59 Å². The second-order valence-corrected chi connectivity index (χ2v) is 8.22. The number of hydrazine groups is 1. The summed E-state index contributed by atoms with van der Waals surface area (Å²) in [7, 11) is 0. The van der Waals surface area contributed by atoms with Gasteiger partial charge in [0.1, 0.15) is 12.2 Å². The zero-order valence-electron chi connectivity index (χ0n) is 19.4. The van der Waals surface area contributed by atoms with E-state index in [1.54, 1.807) is 10.6 Å². The summed E-state index contributed by atoms with van der Waals surface area (Å²) < 4.78 is 3.85. The van der Waals surface area contributed by atoms with Crippen molar-refractivity contribution >= 4 is 33.9 Å². The predicted molar refractivity (Wildman–Crippen MR) is 133 cm³/mol. The predicted octanol–water partition coefficient (Wildman–Crippen LogP) is 1.37. The van der Waals surface area contributed by atoms with E-state index in [-0.39, 0.29) is 23.4 Å². The van der Waals surface area contributed by atoms with Crippen LogP contribution in [0.2, 0.25) is 0 Å². The molecule has 3 heterocycles. The van der Waals surface area contributed by atoms with E-state index in [1.807, 2.05) is 61.5 Å². The monoisotopic (exact) mass is 485 g/mol. The number of para-hydroxylation sites is 1. The Morgan fingerprint density at radius 3 is 2.47 bits per heavy atom. The lowest BCUT2D eigenvalue weighted by molar-refractivity contribution is -0.122. The first-order chi connectivity index (χ1) is 17.5. The van der Waals surface area contributed by atoms with E-state index in [4.69, 9.17) is 0 Å². The first kappa shape index (κ1) is 22.8. The Kier molecular flexibility index (Phi) is 5.95. The van der Waals surface area contributed by atoms with Crippen LogP contribution in [0, 0.1) is 0 Å². The Balaban J connectivity index is 1.41. The molecule has 0 aliphatic rings. The number of aromatic amines is 1. The number of hydrogen-bond acceptors (Lipinski definition) is 5. The Hall–Kier alpha value is -4.93. The van der Waals surface area contributed by atoms with Crippen molar-refractivity contribution in [3.05, 3.63) is 99.1 Å². The molecule has 3 aromatic heterocycles. The summed E-state index contributed by atoms with van der Waals surface area (Å²) in [5, 5.41) is 0.848. The summed E-state index contributed by atoms with van der Waals surface area (Å²) in [6, 6.07) is 18.3. The molecule has 11 heteroatoms. The van der Waals surface area contributed by atoms with Crippen LogP contribution in [0.25, 0.3) is 22.1 Å². The number of carbonyl (C=O) groups is 2. The molecular weight excluding hydrogens is 462 g/mol. The maximum atomic E-state index is 13.3. The number of benzene rings is 2. The Morgan fingerprint density at radius 1 is 0.972 bits per heavy atom. The van der Waals surface area contributed by atoms with Crippen molar-refractivity contribution in [1.29, 1.82) is 0 Å². The zero-order valence-corrected chi connectivity index (χ0v) is 19.4. The number of hydrogen-bond donors (Lipinski definition) is 3. The third kappa shape index (κ3) is 4.17. The molecule has 2 aromatic carbocycles. The van der Waals surface area contributed by atoms with Gasteiger partial charge in [-0.15, -0.1) is 0 Å². The smallest absolute Gasteiger partial charge is 0.333 e. The van der Waals surface area contributed by atoms with Crippen LogP contribution >= 0.6 is 0 Å². The fourth-order valence-electron chi connectivity index (χ4n) is 4.10. The van der Waals surface area contributed by atoms with Crippen LogP contribution < -0.4 is 22.1 Å². The van der Waals surface area contributed by atoms with Gasteiger partial charge in [-0.05, 0) is 24.6 Å². The molecule has 0 fully saturated rings. The van der Waals surface area contributed by atoms with Crippen LogP contribution in [0.3, 0.4) is 0 Å². The molecule has 182 valence electrons. The summed E-state index contributed by atoms with van der Waals surface area (Å²) >= 11 is 0. The minimum absolute atomic E-state index is 0.177. The number of nitrogens with zero attached hydrogens (tertiary/aromatic N) is 4. The van der Waals surface area contributed by atoms with E-state index in [9.17, 15) is 19.2 Å². The third-order valence-electron chi connectivity index (χ3n) is 5.90. The fourth-order valence-corrected chi connectivity index (χ4v) is 4.10. The van der Waals surface area contributed by atoms with E-state index >= 15 is 0 Å². The number of aryl methyl sites for hydroxylation is 1. The van der Waals surface area contributed by atoms with Crippen molar-refractivity contribution in [3.63, 3.8) is 0 Å². The number of rotatable bonds is 6. The van der Waals surface area contributed by atoms with Crippen molar-refractivity contribution in [2.45, 2.75) is 26.6 Å². The Labute approximate surface area is 204 Å². The quantitative estimate of drug-likeness (QED) is 0.312. The number of carbonyl (C=O) groups excluding carboxylic acids is 2. The SMILES string of the molecule is CCn1cnc2c1c(=O)n(CC(=O)NNC(=O)c1cc3ccccc3[nH]1)c(=O)n2Cc1ccccc1. The maximum Gasteiger partial charge on any atom is 0.333 e. The highest BCUT2D eigenvalue weighted by Gasteiger charge is 2.20. The fraction of sp³-hybridized carbons (Fsp3) is 0.160. The van der Waals surface area contributed by atoms with Gasteiger partial charge in [0.15, 0.2) is 11.2 Å². The van der Waals surface area contributed by atoms with Gasteiger partial charge >= 0.3 is 5.69 Å². The highest BCUT2D eigenvalue weighted by atomic mass is 16.2. The average molecular weight is 486 g/mol. The van der Waals surface area contributed by atoms with Crippen LogP contribution in [0.1, 0.15) is 23.0 Å². The molecule has 0 saturated heterocycles. The topological polar surface area (TPSA) is 136 Å². The number of imidazole rings is 1. The zero-order chi connectivity index (χ0) is 25.2. The normalized spacial score (nSPS) is 11.1. The Morgan fingerprint density at radius 2 is 1.72 bits per heavy atom. The van der Waals surface area contributed by atoms with Gasteiger partial charge < -0.3 is 9.55 Å². The standard InChI is InChI=1S/C25H23N7O4/c1-2-30-15-26-22-21(30)24(35)32(25(36)31(22)13-16-8-4-3-5-9-16)14-20(33)28-29-23(34)19-12-17-10-6-7-11-18(17)27-19/h3-12,15,27H,2,13-14H2,1H3,(H,28,33)(H,29,34). The van der Waals surface area contributed by atoms with Crippen LogP contribution in [0.4, 0.5) is 0 Å².